The van der Waals surface area contributed by atoms with E-state index in [4.69, 9.17) is 5.73 Å². The van der Waals surface area contributed by atoms with Crippen LogP contribution in [0, 0.1) is 0 Å². The van der Waals surface area contributed by atoms with Crippen molar-refractivity contribution in [3.63, 3.8) is 0 Å². The van der Waals surface area contributed by atoms with Crippen LogP contribution in [0.25, 0.3) is 0 Å². The summed E-state index contributed by atoms with van der Waals surface area (Å²) in [6, 6.07) is -0.110. The zero-order chi connectivity index (χ0) is 10.6. The molecule has 0 aromatic carbocycles. The molecule has 0 saturated heterocycles. The lowest BCUT2D eigenvalue weighted by molar-refractivity contribution is -0.0327. The first-order chi connectivity index (χ1) is 6.47. The number of thioether (sulfide) groups is 1. The van der Waals surface area contributed by atoms with Crippen molar-refractivity contribution in [2.75, 3.05) is 23.3 Å². The lowest BCUT2D eigenvalue weighted by Crippen LogP contribution is -2.09. The van der Waals surface area contributed by atoms with Crippen molar-refractivity contribution >= 4 is 23.8 Å². The van der Waals surface area contributed by atoms with Gasteiger partial charge in [-0.1, -0.05) is 10.2 Å². The van der Waals surface area contributed by atoms with Gasteiger partial charge in [0.25, 0.3) is 0 Å². The first kappa shape index (κ1) is 11.0. The number of halogens is 3. The second-order valence-corrected chi connectivity index (χ2v) is 3.33. The molecule has 9 heteroatoms. The fourth-order valence-electron chi connectivity index (χ4n) is 0.631. The van der Waals surface area contributed by atoms with E-state index in [-0.39, 0.29) is 36.1 Å². The molecule has 80 valence electrons. The van der Waals surface area contributed by atoms with Gasteiger partial charge in [0.1, 0.15) is 0 Å². The number of rotatable bonds is 4. The largest absolute Gasteiger partial charge is 0.441 e. The fourth-order valence-corrected chi connectivity index (χ4v) is 1.07. The number of anilines is 2. The van der Waals surface area contributed by atoms with Crippen LogP contribution in [0.4, 0.5) is 25.2 Å². The molecule has 0 fully saturated rings. The van der Waals surface area contributed by atoms with Gasteiger partial charge < -0.3 is 15.5 Å². The molecule has 0 radical (unpaired) electrons. The van der Waals surface area contributed by atoms with E-state index in [9.17, 15) is 13.2 Å². The van der Waals surface area contributed by atoms with Gasteiger partial charge in [0, 0.05) is 12.3 Å². The van der Waals surface area contributed by atoms with E-state index in [2.05, 4.69) is 19.9 Å². The Hall–Kier alpha value is -1.12. The van der Waals surface area contributed by atoms with Gasteiger partial charge >= 0.3 is 17.5 Å². The molecule has 0 aliphatic rings. The summed E-state index contributed by atoms with van der Waals surface area (Å²) in [5.74, 6) is -0.133. The van der Waals surface area contributed by atoms with Gasteiger partial charge in [0.2, 0.25) is 0 Å². The van der Waals surface area contributed by atoms with E-state index in [1.165, 1.54) is 0 Å². The molecule has 0 aliphatic heterocycles. The molecule has 5 nitrogen and oxygen atoms in total. The van der Waals surface area contributed by atoms with Gasteiger partial charge in [-0.05, 0) is 11.8 Å². The summed E-state index contributed by atoms with van der Waals surface area (Å²) >= 11 is -0.124. The molecule has 3 N–H and O–H groups in total. The van der Waals surface area contributed by atoms with Crippen molar-refractivity contribution in [3.05, 3.63) is 0 Å². The first-order valence-corrected chi connectivity index (χ1v) is 4.49. The van der Waals surface area contributed by atoms with E-state index in [0.717, 1.165) is 0 Å². The second kappa shape index (κ2) is 4.40. The minimum atomic E-state index is -4.21. The van der Waals surface area contributed by atoms with Crippen LogP contribution in [0.2, 0.25) is 0 Å². The van der Waals surface area contributed by atoms with Crippen LogP contribution in [0.15, 0.2) is 4.42 Å². The molecule has 0 bridgehead atoms. The number of nitrogens with one attached hydrogen (secondary N) is 1. The lowest BCUT2D eigenvalue weighted by atomic mass is 10.7. The number of hydrogen-bond acceptors (Lipinski definition) is 6. The summed E-state index contributed by atoms with van der Waals surface area (Å²) in [6.45, 7) is 0.0752. The predicted octanol–water partition coefficient (Wildman–Crippen LogP) is 1.32. The van der Waals surface area contributed by atoms with Gasteiger partial charge in [-0.2, -0.15) is 13.2 Å². The highest BCUT2D eigenvalue weighted by Crippen LogP contribution is 2.29. The molecule has 1 aromatic heterocycles. The Balaban J connectivity index is 2.16. The molecule has 0 atom stereocenters. The van der Waals surface area contributed by atoms with Gasteiger partial charge in [-0.25, -0.2) is 0 Å². The maximum Gasteiger partial charge on any atom is 0.441 e. The summed E-state index contributed by atoms with van der Waals surface area (Å²) in [7, 11) is 0. The maximum absolute atomic E-state index is 11.6. The minimum absolute atomic E-state index is 0.0188. The Kier molecular flexibility index (Phi) is 3.44. The number of nitrogens with zero attached hydrogens (tertiary/aromatic N) is 2. The topological polar surface area (TPSA) is 77.0 Å². The third kappa shape index (κ3) is 4.21. The van der Waals surface area contributed by atoms with E-state index in [0.29, 0.717) is 0 Å². The predicted molar refractivity (Wildman–Crippen MR) is 45.7 cm³/mol. The Morgan fingerprint density at radius 2 is 2.14 bits per heavy atom. The molecular formula is C5H7F3N4OS. The highest BCUT2D eigenvalue weighted by Gasteiger charge is 2.27. The summed E-state index contributed by atoms with van der Waals surface area (Å²) < 4.78 is 39.6. The van der Waals surface area contributed by atoms with Crippen LogP contribution >= 0.6 is 11.8 Å². The Morgan fingerprint density at radius 1 is 1.43 bits per heavy atom. The molecular weight excluding hydrogens is 221 g/mol. The Labute approximate surface area is 81.2 Å². The highest BCUT2D eigenvalue weighted by molar-refractivity contribution is 8.00. The van der Waals surface area contributed by atoms with Crippen LogP contribution in [-0.4, -0.2) is 28.0 Å². The van der Waals surface area contributed by atoms with Crippen molar-refractivity contribution in [3.8, 4) is 0 Å². The van der Waals surface area contributed by atoms with Gasteiger partial charge in [-0.15, -0.1) is 0 Å². The first-order valence-electron chi connectivity index (χ1n) is 3.51. The van der Waals surface area contributed by atoms with Crippen LogP contribution in [0.5, 0.6) is 0 Å². The molecule has 0 unspecified atom stereocenters. The van der Waals surface area contributed by atoms with Crippen molar-refractivity contribution in [2.45, 2.75) is 5.51 Å². The molecule has 1 heterocycles. The quantitative estimate of drug-likeness (QED) is 0.757. The van der Waals surface area contributed by atoms with Gasteiger partial charge in [-0.3, -0.25) is 0 Å². The highest BCUT2D eigenvalue weighted by atomic mass is 32.2. The fraction of sp³-hybridized carbons (Fsp3) is 0.600. The van der Waals surface area contributed by atoms with Crippen LogP contribution in [0.3, 0.4) is 0 Å². The van der Waals surface area contributed by atoms with Crippen molar-refractivity contribution in [1.29, 1.82) is 0 Å². The minimum Gasteiger partial charge on any atom is -0.390 e. The SMILES string of the molecule is Nc1nnc(NCCSC(F)(F)F)o1. The molecule has 0 spiro atoms. The molecule has 1 rings (SSSR count). The van der Waals surface area contributed by atoms with E-state index < -0.39 is 5.51 Å². The molecule has 0 aliphatic carbocycles. The van der Waals surface area contributed by atoms with E-state index >= 15 is 0 Å². The van der Waals surface area contributed by atoms with Crippen LogP contribution in [0.1, 0.15) is 0 Å². The normalized spacial score (nSPS) is 11.6. The summed E-state index contributed by atoms with van der Waals surface area (Å²) in [4.78, 5) is 0. The molecule has 14 heavy (non-hydrogen) atoms. The van der Waals surface area contributed by atoms with Crippen molar-refractivity contribution in [1.82, 2.24) is 10.2 Å². The standard InChI is InChI=1S/C5H7F3N4OS/c6-5(7,8)14-2-1-10-4-12-11-3(9)13-4/h1-2H2,(H2,9,11)(H,10,12). The van der Waals surface area contributed by atoms with Gasteiger partial charge in [0.15, 0.2) is 0 Å². The monoisotopic (exact) mass is 228 g/mol. The number of nitrogen functional groups attached to an aromatic ring is 1. The zero-order valence-electron chi connectivity index (χ0n) is 6.84. The Morgan fingerprint density at radius 3 is 2.64 bits per heavy atom. The lowest BCUT2D eigenvalue weighted by Gasteiger charge is -2.04. The van der Waals surface area contributed by atoms with Crippen molar-refractivity contribution < 1.29 is 17.6 Å². The van der Waals surface area contributed by atoms with Crippen LogP contribution in [-0.2, 0) is 0 Å². The average Bonchev–Trinajstić information content (AvgIpc) is 2.44. The number of aromatic nitrogens is 2. The number of hydrogen-bond donors (Lipinski definition) is 2. The summed E-state index contributed by atoms with van der Waals surface area (Å²) in [6.07, 6.45) is 0. The number of alkyl halides is 3. The Bertz CT molecular complexity index is 289. The third-order valence-corrected chi connectivity index (χ3v) is 1.82. The summed E-state index contributed by atoms with van der Waals surface area (Å²) in [5, 5.41) is 9.22. The average molecular weight is 228 g/mol. The zero-order valence-corrected chi connectivity index (χ0v) is 7.65. The van der Waals surface area contributed by atoms with Gasteiger partial charge in [0.05, 0.1) is 0 Å². The molecule has 1 aromatic rings. The van der Waals surface area contributed by atoms with E-state index in [1.54, 1.807) is 0 Å². The van der Waals surface area contributed by atoms with Crippen LogP contribution < -0.4 is 11.1 Å². The third-order valence-electron chi connectivity index (χ3n) is 1.08. The number of nitrogens with two attached hydrogens (primary N) is 1. The second-order valence-electron chi connectivity index (χ2n) is 2.17. The molecule has 0 saturated carbocycles. The summed E-state index contributed by atoms with van der Waals surface area (Å²) in [5.41, 5.74) is 0.874. The smallest absolute Gasteiger partial charge is 0.390 e. The molecule has 0 amide bonds. The van der Waals surface area contributed by atoms with E-state index in [1.807, 2.05) is 0 Å². The van der Waals surface area contributed by atoms with Crippen molar-refractivity contribution in [2.24, 2.45) is 0 Å². The maximum atomic E-state index is 11.6.